The maximum absolute atomic E-state index is 14.8. The quantitative estimate of drug-likeness (QED) is 0.196. The van der Waals surface area contributed by atoms with Gasteiger partial charge in [0.2, 0.25) is 0 Å². The van der Waals surface area contributed by atoms with E-state index in [0.717, 1.165) is 65.7 Å². The van der Waals surface area contributed by atoms with Crippen LogP contribution in [0.4, 0.5) is 10.2 Å². The molecule has 0 radical (unpaired) electrons. The molecule has 5 aromatic rings. The third-order valence-corrected chi connectivity index (χ3v) is 10.4. The standard InChI is InChI=1S/C43H49FN4O5/c1-27-10-7-8-23-51-43(6)17-21-47(22-18-43)40-37(38(41(49)50)53-42(3,4)5)28(2)36(29-15-19-45-20-16-29)39-46-34(26-48(39)40)31-12-9-11-30(24-31)33-25-32(44)13-14-35(33)52-27/h9,11-16,19-20,24-27,38H,7-8,10,17-18,21-23H2,1-6H3,(H,49,50)/t27-,38+/m1/s1. The number of piperidine rings is 1. The van der Waals surface area contributed by atoms with Gasteiger partial charge in [-0.05, 0) is 127 Å². The summed E-state index contributed by atoms with van der Waals surface area (Å²) in [5.41, 5.74) is 5.64. The molecule has 0 saturated carbocycles. The van der Waals surface area contributed by atoms with Crippen molar-refractivity contribution in [2.75, 3.05) is 24.6 Å². The maximum atomic E-state index is 14.8. The monoisotopic (exact) mass is 720 g/mol. The number of anilines is 1. The fourth-order valence-electron chi connectivity index (χ4n) is 7.68. The van der Waals surface area contributed by atoms with Gasteiger partial charge in [-0.15, -0.1) is 0 Å². The first-order chi connectivity index (χ1) is 25.3. The van der Waals surface area contributed by atoms with Crippen LogP contribution in [0.2, 0.25) is 0 Å². The molecular formula is C43H49FN4O5. The van der Waals surface area contributed by atoms with Crippen molar-refractivity contribution in [2.24, 2.45) is 0 Å². The lowest BCUT2D eigenvalue weighted by Gasteiger charge is -2.42. The molecule has 0 unspecified atom stereocenters. The average Bonchev–Trinajstić information content (AvgIpc) is 3.56. The zero-order valence-electron chi connectivity index (χ0n) is 31.5. The van der Waals surface area contributed by atoms with E-state index in [-0.39, 0.29) is 17.5 Å². The van der Waals surface area contributed by atoms with Crippen LogP contribution >= 0.6 is 0 Å². The molecule has 278 valence electrons. The molecule has 3 aliphatic heterocycles. The highest BCUT2D eigenvalue weighted by Gasteiger charge is 2.38. The van der Waals surface area contributed by atoms with Gasteiger partial charge in [-0.25, -0.2) is 14.2 Å². The molecule has 3 aromatic heterocycles. The molecule has 1 saturated heterocycles. The zero-order chi connectivity index (χ0) is 37.5. The maximum Gasteiger partial charge on any atom is 0.337 e. The minimum absolute atomic E-state index is 0.0652. The number of hydrogen-bond acceptors (Lipinski definition) is 7. The number of carboxylic acid groups (broad SMARTS) is 1. The fraction of sp³-hybridized carbons (Fsp3) is 0.419. The smallest absolute Gasteiger partial charge is 0.337 e. The van der Waals surface area contributed by atoms with Crippen LogP contribution in [-0.2, 0) is 14.3 Å². The number of aromatic nitrogens is 3. The van der Waals surface area contributed by atoms with Crippen molar-refractivity contribution in [3.8, 4) is 39.3 Å². The van der Waals surface area contributed by atoms with E-state index in [4.69, 9.17) is 19.2 Å². The topological polar surface area (TPSA) is 98.4 Å². The second-order valence-corrected chi connectivity index (χ2v) is 15.7. The van der Waals surface area contributed by atoms with E-state index in [0.29, 0.717) is 47.9 Å². The normalized spacial score (nSPS) is 20.2. The van der Waals surface area contributed by atoms with Gasteiger partial charge < -0.3 is 24.2 Å². The molecule has 8 rings (SSSR count). The third kappa shape index (κ3) is 7.66. The van der Waals surface area contributed by atoms with Crippen LogP contribution in [-0.4, -0.2) is 62.4 Å². The second kappa shape index (κ2) is 14.6. The SMILES string of the molecule is Cc1c([C@H](OC(C)(C)C)C(=O)O)c2n3cc(nc3c1-c1ccncc1)-c1cccc(c1)-c1cc(F)ccc1O[C@H](C)CCCCOC1(C)CCN2CC1. The number of rotatable bonds is 4. The van der Waals surface area contributed by atoms with Gasteiger partial charge in [0.1, 0.15) is 23.0 Å². The minimum Gasteiger partial charge on any atom is -0.490 e. The number of fused-ring (bicyclic) bond motifs is 8. The Kier molecular flexibility index (Phi) is 10.0. The Bertz CT molecular complexity index is 2120. The van der Waals surface area contributed by atoms with Gasteiger partial charge in [-0.3, -0.25) is 9.38 Å². The van der Waals surface area contributed by atoms with Crippen LogP contribution in [0.1, 0.15) is 84.0 Å². The number of hydrogen-bond donors (Lipinski definition) is 1. The molecule has 10 heteroatoms. The molecule has 6 bridgehead atoms. The van der Waals surface area contributed by atoms with E-state index < -0.39 is 17.7 Å². The van der Waals surface area contributed by atoms with Crippen LogP contribution in [0.15, 0.2) is 73.2 Å². The Balaban J connectivity index is 1.50. The summed E-state index contributed by atoms with van der Waals surface area (Å²) in [6.07, 6.45) is 8.34. The summed E-state index contributed by atoms with van der Waals surface area (Å²) in [5, 5.41) is 10.8. The second-order valence-electron chi connectivity index (χ2n) is 15.7. The molecular weight excluding hydrogens is 671 g/mol. The van der Waals surface area contributed by atoms with E-state index in [1.54, 1.807) is 18.5 Å². The van der Waals surface area contributed by atoms with Crippen LogP contribution in [0.25, 0.3) is 39.2 Å². The lowest BCUT2D eigenvalue weighted by molar-refractivity contribution is -0.160. The molecule has 6 heterocycles. The highest BCUT2D eigenvalue weighted by atomic mass is 19.1. The zero-order valence-corrected chi connectivity index (χ0v) is 31.5. The summed E-state index contributed by atoms with van der Waals surface area (Å²) in [6.45, 7) is 13.8. The molecule has 0 aliphatic carbocycles. The van der Waals surface area contributed by atoms with Gasteiger partial charge >= 0.3 is 5.97 Å². The third-order valence-electron chi connectivity index (χ3n) is 10.4. The summed E-state index contributed by atoms with van der Waals surface area (Å²) in [5.74, 6) is -0.0441. The molecule has 3 aliphatic rings. The van der Waals surface area contributed by atoms with Crippen molar-refractivity contribution in [3.63, 3.8) is 0 Å². The number of pyridine rings is 2. The number of benzene rings is 2. The molecule has 0 amide bonds. The summed E-state index contributed by atoms with van der Waals surface area (Å²) in [4.78, 5) is 25.1. The number of aliphatic carboxylic acids is 1. The lowest BCUT2D eigenvalue weighted by atomic mass is 9.91. The predicted molar refractivity (Wildman–Crippen MR) is 205 cm³/mol. The van der Waals surface area contributed by atoms with Gasteiger partial charge in [0.05, 0.1) is 23.0 Å². The number of ether oxygens (including phenoxy) is 3. The minimum atomic E-state index is -1.26. The summed E-state index contributed by atoms with van der Waals surface area (Å²) >= 11 is 0. The van der Waals surface area contributed by atoms with Crippen molar-refractivity contribution in [3.05, 3.63) is 90.1 Å². The van der Waals surface area contributed by atoms with Crippen LogP contribution in [0.3, 0.4) is 0 Å². The number of carbonyl (C=O) groups is 1. The fourth-order valence-corrected chi connectivity index (χ4v) is 7.68. The van der Waals surface area contributed by atoms with Gasteiger partial charge in [0.15, 0.2) is 6.10 Å². The van der Waals surface area contributed by atoms with Crippen LogP contribution in [0, 0.1) is 12.7 Å². The van der Waals surface area contributed by atoms with Crippen molar-refractivity contribution in [1.82, 2.24) is 14.4 Å². The van der Waals surface area contributed by atoms with Gasteiger partial charge in [0.25, 0.3) is 0 Å². The van der Waals surface area contributed by atoms with Gasteiger partial charge in [-0.1, -0.05) is 18.2 Å². The summed E-state index contributed by atoms with van der Waals surface area (Å²) < 4.78 is 36.3. The number of halogens is 1. The molecule has 9 nitrogen and oxygen atoms in total. The van der Waals surface area contributed by atoms with Crippen LogP contribution < -0.4 is 9.64 Å². The van der Waals surface area contributed by atoms with E-state index >= 15 is 0 Å². The van der Waals surface area contributed by atoms with E-state index in [1.165, 1.54) is 12.1 Å². The first-order valence-corrected chi connectivity index (χ1v) is 18.6. The van der Waals surface area contributed by atoms with Crippen molar-refractivity contribution in [1.29, 1.82) is 0 Å². The summed E-state index contributed by atoms with van der Waals surface area (Å²) in [7, 11) is 0. The molecule has 53 heavy (non-hydrogen) atoms. The predicted octanol–water partition coefficient (Wildman–Crippen LogP) is 9.45. The van der Waals surface area contributed by atoms with Crippen LogP contribution in [0.5, 0.6) is 5.75 Å². The van der Waals surface area contributed by atoms with Gasteiger partial charge in [-0.2, -0.15) is 0 Å². The summed E-state index contributed by atoms with van der Waals surface area (Å²) in [6, 6.07) is 16.4. The Morgan fingerprint density at radius 3 is 2.49 bits per heavy atom. The molecule has 1 N–H and O–H groups in total. The molecule has 1 fully saturated rings. The molecule has 2 aromatic carbocycles. The highest BCUT2D eigenvalue weighted by Crippen LogP contribution is 2.44. The Morgan fingerprint density at radius 2 is 1.77 bits per heavy atom. The van der Waals surface area contributed by atoms with E-state index in [9.17, 15) is 14.3 Å². The highest BCUT2D eigenvalue weighted by molar-refractivity contribution is 5.89. The average molecular weight is 721 g/mol. The number of imidazole rings is 1. The Morgan fingerprint density at radius 1 is 1.04 bits per heavy atom. The molecule has 2 atom stereocenters. The van der Waals surface area contributed by atoms with Crippen molar-refractivity contribution >= 4 is 17.4 Å². The Hall–Kier alpha value is -4.80. The number of carboxylic acids is 1. The van der Waals surface area contributed by atoms with Crippen molar-refractivity contribution < 1.29 is 28.5 Å². The van der Waals surface area contributed by atoms with Crippen molar-refractivity contribution in [2.45, 2.75) is 97.1 Å². The first-order valence-electron chi connectivity index (χ1n) is 18.6. The largest absolute Gasteiger partial charge is 0.490 e. The lowest BCUT2D eigenvalue weighted by Crippen LogP contribution is -2.45. The number of nitrogens with zero attached hydrogens (tertiary/aromatic N) is 4. The van der Waals surface area contributed by atoms with E-state index in [1.807, 2.05) is 74.7 Å². The van der Waals surface area contributed by atoms with E-state index in [2.05, 4.69) is 23.7 Å². The van der Waals surface area contributed by atoms with Gasteiger partial charge in [0, 0.05) is 60.5 Å². The Labute approximate surface area is 310 Å². The first kappa shape index (κ1) is 36.6. The molecule has 0 spiro atoms.